The van der Waals surface area contributed by atoms with Crippen LogP contribution in [0.4, 0.5) is 13.2 Å². The first-order valence-corrected chi connectivity index (χ1v) is 8.96. The quantitative estimate of drug-likeness (QED) is 0.670. The van der Waals surface area contributed by atoms with Crippen molar-refractivity contribution >= 4 is 0 Å². The number of para-hydroxylation sites is 1. The Bertz CT molecular complexity index is 745. The SMILES string of the molecule is COc1ccc(CC(C)(C)NCC(O)COc2ccccc2C(F)(F)F)cc1. The van der Waals surface area contributed by atoms with Crippen molar-refractivity contribution in [1.82, 2.24) is 5.32 Å². The van der Waals surface area contributed by atoms with Crippen LogP contribution in [-0.2, 0) is 12.6 Å². The molecule has 2 rings (SSSR count). The fourth-order valence-corrected chi connectivity index (χ4v) is 2.78. The summed E-state index contributed by atoms with van der Waals surface area (Å²) in [6.07, 6.45) is -4.74. The molecule has 0 fully saturated rings. The minimum absolute atomic E-state index is 0.192. The number of rotatable bonds is 9. The third-order valence-corrected chi connectivity index (χ3v) is 4.25. The van der Waals surface area contributed by atoms with Gasteiger partial charge in [-0.2, -0.15) is 13.2 Å². The van der Waals surface area contributed by atoms with Crippen LogP contribution in [0.2, 0.25) is 0 Å². The van der Waals surface area contributed by atoms with Crippen molar-refractivity contribution in [3.63, 3.8) is 0 Å². The average Bonchev–Trinajstić information content (AvgIpc) is 2.64. The highest BCUT2D eigenvalue weighted by atomic mass is 19.4. The molecule has 154 valence electrons. The summed E-state index contributed by atoms with van der Waals surface area (Å²) < 4.78 is 49.3. The van der Waals surface area contributed by atoms with Crippen LogP contribution < -0.4 is 14.8 Å². The normalized spacial score (nSPS) is 13.2. The van der Waals surface area contributed by atoms with Gasteiger partial charge in [0.2, 0.25) is 0 Å². The lowest BCUT2D eigenvalue weighted by molar-refractivity contribution is -0.139. The molecule has 1 unspecified atom stereocenters. The number of alkyl halides is 3. The molecule has 0 saturated carbocycles. The van der Waals surface area contributed by atoms with Crippen LogP contribution in [-0.4, -0.2) is 37.0 Å². The second-order valence-corrected chi connectivity index (χ2v) is 7.25. The van der Waals surface area contributed by atoms with Gasteiger partial charge in [-0.05, 0) is 50.1 Å². The summed E-state index contributed by atoms with van der Waals surface area (Å²) in [4.78, 5) is 0. The van der Waals surface area contributed by atoms with E-state index in [-0.39, 0.29) is 24.4 Å². The van der Waals surface area contributed by atoms with Crippen LogP contribution in [0.15, 0.2) is 48.5 Å². The summed E-state index contributed by atoms with van der Waals surface area (Å²) in [7, 11) is 1.61. The standard InChI is InChI=1S/C21H26F3NO3/c1-20(2,12-15-8-10-17(27-3)11-9-15)25-13-16(26)14-28-19-7-5-4-6-18(19)21(22,23)24/h4-11,16,25-26H,12-14H2,1-3H3. The molecule has 0 amide bonds. The fraction of sp³-hybridized carbons (Fsp3) is 0.429. The van der Waals surface area contributed by atoms with E-state index >= 15 is 0 Å². The largest absolute Gasteiger partial charge is 0.497 e. The average molecular weight is 397 g/mol. The van der Waals surface area contributed by atoms with Gasteiger partial charge >= 0.3 is 6.18 Å². The highest BCUT2D eigenvalue weighted by Gasteiger charge is 2.34. The summed E-state index contributed by atoms with van der Waals surface area (Å²) in [6, 6.07) is 12.7. The minimum atomic E-state index is -4.50. The number of ether oxygens (including phenoxy) is 2. The molecule has 0 spiro atoms. The number of halogens is 3. The monoisotopic (exact) mass is 397 g/mol. The number of β-amino-alcohol motifs (C(OH)–C–C–N with tert-alkyl or cyclic N) is 1. The Morgan fingerprint density at radius 3 is 2.29 bits per heavy atom. The van der Waals surface area contributed by atoms with E-state index in [4.69, 9.17) is 9.47 Å². The minimum Gasteiger partial charge on any atom is -0.497 e. The molecule has 0 radical (unpaired) electrons. The molecule has 0 aliphatic heterocycles. The molecular formula is C21H26F3NO3. The summed E-state index contributed by atoms with van der Waals surface area (Å²) in [5, 5.41) is 13.4. The number of methoxy groups -OCH3 is 1. The topological polar surface area (TPSA) is 50.7 Å². The van der Waals surface area contributed by atoms with Gasteiger partial charge in [-0.15, -0.1) is 0 Å². The highest BCUT2D eigenvalue weighted by Crippen LogP contribution is 2.35. The second kappa shape index (κ2) is 9.30. The van der Waals surface area contributed by atoms with Gasteiger partial charge in [0.05, 0.1) is 12.7 Å². The molecule has 4 nitrogen and oxygen atoms in total. The molecule has 2 aromatic carbocycles. The lowest BCUT2D eigenvalue weighted by atomic mass is 9.94. The predicted molar refractivity (Wildman–Crippen MR) is 102 cm³/mol. The van der Waals surface area contributed by atoms with Crippen LogP contribution in [0.5, 0.6) is 11.5 Å². The van der Waals surface area contributed by atoms with E-state index in [0.717, 1.165) is 17.4 Å². The van der Waals surface area contributed by atoms with E-state index < -0.39 is 17.8 Å². The molecule has 2 aromatic rings. The lowest BCUT2D eigenvalue weighted by Gasteiger charge is -2.28. The van der Waals surface area contributed by atoms with Crippen molar-refractivity contribution in [2.24, 2.45) is 0 Å². The first kappa shape index (κ1) is 22.0. The number of benzene rings is 2. The van der Waals surface area contributed by atoms with Gasteiger partial charge in [0, 0.05) is 12.1 Å². The Hall–Kier alpha value is -2.25. The van der Waals surface area contributed by atoms with E-state index in [1.54, 1.807) is 7.11 Å². The third kappa shape index (κ3) is 6.73. The number of hydrogen-bond acceptors (Lipinski definition) is 4. The highest BCUT2D eigenvalue weighted by molar-refractivity contribution is 5.35. The van der Waals surface area contributed by atoms with Crippen molar-refractivity contribution in [3.05, 3.63) is 59.7 Å². The van der Waals surface area contributed by atoms with Crippen LogP contribution in [0, 0.1) is 0 Å². The predicted octanol–water partition coefficient (Wildman–Crippen LogP) is 4.06. The van der Waals surface area contributed by atoms with E-state index in [1.807, 2.05) is 38.1 Å². The Labute approximate surface area is 163 Å². The van der Waals surface area contributed by atoms with Gasteiger partial charge in [0.1, 0.15) is 24.2 Å². The summed E-state index contributed by atoms with van der Waals surface area (Å²) in [5.74, 6) is 0.493. The zero-order valence-corrected chi connectivity index (χ0v) is 16.2. The summed E-state index contributed by atoms with van der Waals surface area (Å²) in [6.45, 7) is 3.93. The van der Waals surface area contributed by atoms with Crippen molar-refractivity contribution < 1.29 is 27.8 Å². The van der Waals surface area contributed by atoms with Crippen LogP contribution in [0.3, 0.4) is 0 Å². The van der Waals surface area contributed by atoms with Crippen LogP contribution >= 0.6 is 0 Å². The molecule has 0 aromatic heterocycles. The Balaban J connectivity index is 1.85. The molecule has 2 N–H and O–H groups in total. The Morgan fingerprint density at radius 1 is 1.04 bits per heavy atom. The van der Waals surface area contributed by atoms with Crippen LogP contribution in [0.1, 0.15) is 25.0 Å². The van der Waals surface area contributed by atoms with E-state index in [9.17, 15) is 18.3 Å². The third-order valence-electron chi connectivity index (χ3n) is 4.25. The molecule has 0 saturated heterocycles. The molecule has 28 heavy (non-hydrogen) atoms. The molecule has 0 aliphatic carbocycles. The van der Waals surface area contributed by atoms with Gasteiger partial charge in [-0.1, -0.05) is 24.3 Å². The van der Waals surface area contributed by atoms with E-state index in [1.165, 1.54) is 18.2 Å². The maximum atomic E-state index is 13.0. The molecule has 0 aliphatic rings. The fourth-order valence-electron chi connectivity index (χ4n) is 2.78. The van der Waals surface area contributed by atoms with Crippen LogP contribution in [0.25, 0.3) is 0 Å². The number of aliphatic hydroxyl groups excluding tert-OH is 1. The first-order chi connectivity index (χ1) is 13.1. The maximum Gasteiger partial charge on any atom is 0.419 e. The van der Waals surface area contributed by atoms with E-state index in [0.29, 0.717) is 6.42 Å². The molecular weight excluding hydrogens is 371 g/mol. The van der Waals surface area contributed by atoms with Gasteiger partial charge in [-0.25, -0.2) is 0 Å². The summed E-state index contributed by atoms with van der Waals surface area (Å²) in [5.41, 5.74) is -0.0717. The van der Waals surface area contributed by atoms with Crippen molar-refractivity contribution in [2.45, 2.75) is 38.1 Å². The first-order valence-electron chi connectivity index (χ1n) is 8.96. The maximum absolute atomic E-state index is 13.0. The van der Waals surface area contributed by atoms with Crippen molar-refractivity contribution in [2.75, 3.05) is 20.3 Å². The lowest BCUT2D eigenvalue weighted by Crippen LogP contribution is -2.46. The summed E-state index contributed by atoms with van der Waals surface area (Å²) >= 11 is 0. The zero-order valence-electron chi connectivity index (χ0n) is 16.2. The second-order valence-electron chi connectivity index (χ2n) is 7.25. The van der Waals surface area contributed by atoms with Gasteiger partial charge in [-0.3, -0.25) is 0 Å². The van der Waals surface area contributed by atoms with Gasteiger partial charge < -0.3 is 19.9 Å². The van der Waals surface area contributed by atoms with Crippen molar-refractivity contribution in [1.29, 1.82) is 0 Å². The molecule has 0 bridgehead atoms. The number of aliphatic hydroxyl groups is 1. The Kier molecular flexibility index (Phi) is 7.32. The number of nitrogens with one attached hydrogen (secondary N) is 1. The smallest absolute Gasteiger partial charge is 0.419 e. The number of hydrogen-bond donors (Lipinski definition) is 2. The van der Waals surface area contributed by atoms with E-state index in [2.05, 4.69) is 5.32 Å². The van der Waals surface area contributed by atoms with Gasteiger partial charge in [0.15, 0.2) is 0 Å². The Morgan fingerprint density at radius 2 is 1.68 bits per heavy atom. The van der Waals surface area contributed by atoms with Crippen molar-refractivity contribution in [3.8, 4) is 11.5 Å². The molecule has 0 heterocycles. The molecule has 1 atom stereocenters. The zero-order chi connectivity index (χ0) is 20.8. The van der Waals surface area contributed by atoms with Gasteiger partial charge in [0.25, 0.3) is 0 Å². The molecule has 7 heteroatoms.